The van der Waals surface area contributed by atoms with Crippen LogP contribution in [0.2, 0.25) is 0 Å². The number of carbonyl (C=O) groups excluding carboxylic acids is 1. The largest absolute Gasteiger partial charge is 0.346 e. The van der Waals surface area contributed by atoms with E-state index >= 15 is 0 Å². The predicted octanol–water partition coefficient (Wildman–Crippen LogP) is 1.15. The Morgan fingerprint density at radius 3 is 2.36 bits per heavy atom. The summed E-state index contributed by atoms with van der Waals surface area (Å²) in [5.74, 6) is -1.09. The summed E-state index contributed by atoms with van der Waals surface area (Å²) in [4.78, 5) is 18.6. The number of nitrogens with one attached hydrogen (secondary N) is 1. The molecule has 0 fully saturated rings. The molecular formula is C9H12N3O2. The molecule has 0 aromatic carbocycles. The lowest BCUT2D eigenvalue weighted by Gasteiger charge is -2.19. The van der Waals surface area contributed by atoms with Crippen LogP contribution >= 0.6 is 0 Å². The van der Waals surface area contributed by atoms with Gasteiger partial charge in [-0.05, 0) is 20.8 Å². The van der Waals surface area contributed by atoms with Crippen molar-refractivity contribution in [3.8, 4) is 5.88 Å². The molecule has 0 bridgehead atoms. The Bertz CT molecular complexity index is 344. The van der Waals surface area contributed by atoms with Gasteiger partial charge < -0.3 is 5.32 Å². The summed E-state index contributed by atoms with van der Waals surface area (Å²) in [5.41, 5.74) is -0.552. The maximum Gasteiger partial charge on any atom is 0.301 e. The second kappa shape index (κ2) is 3.61. The van der Waals surface area contributed by atoms with Gasteiger partial charge in [-0.2, -0.15) is 0 Å². The van der Waals surface area contributed by atoms with E-state index in [9.17, 15) is 9.90 Å². The second-order valence-electron chi connectivity index (χ2n) is 3.91. The van der Waals surface area contributed by atoms with E-state index in [1.54, 1.807) is 0 Å². The van der Waals surface area contributed by atoms with Gasteiger partial charge in [0.25, 0.3) is 5.91 Å². The van der Waals surface area contributed by atoms with Crippen LogP contribution in [0.4, 0.5) is 0 Å². The quantitative estimate of drug-likeness (QED) is 0.728. The number of hydrogen-bond donors (Lipinski definition) is 1. The summed E-state index contributed by atoms with van der Waals surface area (Å²) in [7, 11) is 0. The van der Waals surface area contributed by atoms with Crippen LogP contribution in [0.5, 0.6) is 5.88 Å². The Hall–Kier alpha value is -1.65. The zero-order valence-corrected chi connectivity index (χ0v) is 8.37. The van der Waals surface area contributed by atoms with Crippen LogP contribution in [0.25, 0.3) is 0 Å². The van der Waals surface area contributed by atoms with E-state index in [1.165, 1.54) is 12.4 Å². The zero-order chi connectivity index (χ0) is 10.8. The Balaban J connectivity index is 2.86. The SMILES string of the molecule is CC(C)(C)NC(=O)c1nccnc1[O]. The molecule has 1 radical (unpaired) electrons. The average Bonchev–Trinajstić information content (AvgIpc) is 2.01. The van der Waals surface area contributed by atoms with Crippen molar-refractivity contribution in [2.45, 2.75) is 26.3 Å². The van der Waals surface area contributed by atoms with Crippen molar-refractivity contribution >= 4 is 5.91 Å². The summed E-state index contributed by atoms with van der Waals surface area (Å²) in [6, 6.07) is 0. The Morgan fingerprint density at radius 2 is 1.86 bits per heavy atom. The monoisotopic (exact) mass is 194 g/mol. The maximum absolute atomic E-state index is 11.5. The van der Waals surface area contributed by atoms with Gasteiger partial charge in [0, 0.05) is 17.9 Å². The van der Waals surface area contributed by atoms with Crippen LogP contribution in [0.1, 0.15) is 31.3 Å². The van der Waals surface area contributed by atoms with E-state index < -0.39 is 11.8 Å². The molecule has 0 aliphatic rings. The molecule has 1 amide bonds. The standard InChI is InChI=1S/C9H12N3O2/c1-9(2,3)12-8(14)6-7(13)11-5-4-10-6/h4-5H,1-3H3,(H,12,14). The highest BCUT2D eigenvalue weighted by atomic mass is 16.3. The molecule has 1 N–H and O–H groups in total. The first-order chi connectivity index (χ1) is 6.40. The fourth-order valence-electron chi connectivity index (χ4n) is 0.881. The maximum atomic E-state index is 11.5. The number of carbonyl (C=O) groups is 1. The summed E-state index contributed by atoms with van der Waals surface area (Å²) in [6.45, 7) is 5.48. The van der Waals surface area contributed by atoms with E-state index in [1.807, 2.05) is 20.8 Å². The third kappa shape index (κ3) is 2.69. The Kier molecular flexibility index (Phi) is 2.69. The molecule has 0 saturated carbocycles. The molecule has 5 nitrogen and oxygen atoms in total. The molecule has 0 saturated heterocycles. The minimum Gasteiger partial charge on any atom is -0.346 e. The van der Waals surface area contributed by atoms with Gasteiger partial charge in [-0.25, -0.2) is 9.97 Å². The summed E-state index contributed by atoms with van der Waals surface area (Å²) in [5, 5.41) is 13.7. The van der Waals surface area contributed by atoms with E-state index in [0.717, 1.165) is 0 Å². The van der Waals surface area contributed by atoms with Crippen molar-refractivity contribution in [2.75, 3.05) is 0 Å². The van der Waals surface area contributed by atoms with E-state index in [0.29, 0.717) is 0 Å². The van der Waals surface area contributed by atoms with Crippen LogP contribution in [0.3, 0.4) is 0 Å². The number of aromatic nitrogens is 2. The lowest BCUT2D eigenvalue weighted by molar-refractivity contribution is 0.0908. The molecule has 14 heavy (non-hydrogen) atoms. The van der Waals surface area contributed by atoms with Crippen LogP contribution in [-0.2, 0) is 5.11 Å². The molecule has 5 heteroatoms. The summed E-state index contributed by atoms with van der Waals surface area (Å²) >= 11 is 0. The van der Waals surface area contributed by atoms with Crippen LogP contribution in [-0.4, -0.2) is 21.4 Å². The summed E-state index contributed by atoms with van der Waals surface area (Å²) < 4.78 is 0. The van der Waals surface area contributed by atoms with Crippen molar-refractivity contribution in [2.24, 2.45) is 0 Å². The normalized spacial score (nSPS) is 11.1. The minimum atomic E-state index is -0.603. The first kappa shape index (κ1) is 10.4. The van der Waals surface area contributed by atoms with Crippen LogP contribution < -0.4 is 5.32 Å². The van der Waals surface area contributed by atoms with Gasteiger partial charge in [-0.3, -0.25) is 9.90 Å². The Morgan fingerprint density at radius 1 is 1.29 bits per heavy atom. The van der Waals surface area contributed by atoms with Gasteiger partial charge in [0.15, 0.2) is 5.69 Å². The second-order valence-corrected chi connectivity index (χ2v) is 3.91. The van der Waals surface area contributed by atoms with Crippen molar-refractivity contribution in [1.29, 1.82) is 0 Å². The number of rotatable bonds is 1. The van der Waals surface area contributed by atoms with Gasteiger partial charge in [-0.1, -0.05) is 0 Å². The van der Waals surface area contributed by atoms with Crippen molar-refractivity contribution in [3.05, 3.63) is 18.1 Å². The predicted molar refractivity (Wildman–Crippen MR) is 49.4 cm³/mol. The highest BCUT2D eigenvalue weighted by molar-refractivity contribution is 5.94. The molecule has 1 aromatic heterocycles. The Labute approximate surface area is 82.2 Å². The molecule has 0 atom stereocenters. The molecule has 0 spiro atoms. The van der Waals surface area contributed by atoms with E-state index in [-0.39, 0.29) is 11.2 Å². The zero-order valence-electron chi connectivity index (χ0n) is 8.37. The smallest absolute Gasteiger partial charge is 0.301 e. The lowest BCUT2D eigenvalue weighted by atomic mass is 10.1. The number of hydrogen-bond acceptors (Lipinski definition) is 3. The molecule has 0 unspecified atom stereocenters. The summed E-state index contributed by atoms with van der Waals surface area (Å²) in [6.07, 6.45) is 2.58. The molecular weight excluding hydrogens is 182 g/mol. The van der Waals surface area contributed by atoms with Gasteiger partial charge in [0.2, 0.25) is 0 Å². The minimum absolute atomic E-state index is 0.164. The number of nitrogens with zero attached hydrogens (tertiary/aromatic N) is 2. The third-order valence-corrected chi connectivity index (χ3v) is 1.37. The highest BCUT2D eigenvalue weighted by Gasteiger charge is 2.20. The van der Waals surface area contributed by atoms with Crippen molar-refractivity contribution < 1.29 is 9.90 Å². The van der Waals surface area contributed by atoms with Gasteiger partial charge >= 0.3 is 5.88 Å². The molecule has 1 rings (SSSR count). The fraction of sp³-hybridized carbons (Fsp3) is 0.444. The lowest BCUT2D eigenvalue weighted by Crippen LogP contribution is -2.40. The van der Waals surface area contributed by atoms with Gasteiger partial charge in [0.1, 0.15) is 0 Å². The fourth-order valence-corrected chi connectivity index (χ4v) is 0.881. The molecule has 75 valence electrons. The highest BCUT2D eigenvalue weighted by Crippen LogP contribution is 2.10. The van der Waals surface area contributed by atoms with Gasteiger partial charge in [0.05, 0.1) is 0 Å². The molecule has 0 aliphatic carbocycles. The first-order valence-electron chi connectivity index (χ1n) is 4.21. The van der Waals surface area contributed by atoms with Crippen molar-refractivity contribution in [1.82, 2.24) is 15.3 Å². The van der Waals surface area contributed by atoms with Crippen LogP contribution in [0.15, 0.2) is 12.4 Å². The number of amides is 1. The molecule has 1 heterocycles. The first-order valence-corrected chi connectivity index (χ1v) is 4.21. The topological polar surface area (TPSA) is 74.8 Å². The van der Waals surface area contributed by atoms with E-state index in [2.05, 4.69) is 15.3 Å². The van der Waals surface area contributed by atoms with E-state index in [4.69, 9.17) is 0 Å². The average molecular weight is 194 g/mol. The third-order valence-electron chi connectivity index (χ3n) is 1.37. The molecule has 0 aliphatic heterocycles. The van der Waals surface area contributed by atoms with Crippen LogP contribution in [0, 0.1) is 0 Å². The van der Waals surface area contributed by atoms with Gasteiger partial charge in [-0.15, -0.1) is 0 Å². The molecule has 1 aromatic rings. The van der Waals surface area contributed by atoms with Crippen molar-refractivity contribution in [3.63, 3.8) is 0 Å².